The molecule has 158 valence electrons. The molecule has 0 bridgehead atoms. The standard InChI is InChI=1S/C24H28N2O4/c1-15-9-16(2)23-20(28)13-24(30-21(23)10-15)5-7-25(8-6-24)22(29)14-26-17(3)11-19(27)12-18(26)4/h9-12H,5-8,13-14H2,1-4H3. The second kappa shape index (κ2) is 7.42. The lowest BCUT2D eigenvalue weighted by Crippen LogP contribution is -2.52. The van der Waals surface area contributed by atoms with Gasteiger partial charge in [0.05, 0.1) is 12.0 Å². The average molecular weight is 408 g/mol. The van der Waals surface area contributed by atoms with Gasteiger partial charge in [0.15, 0.2) is 11.2 Å². The topological polar surface area (TPSA) is 68.6 Å². The first-order chi connectivity index (χ1) is 14.2. The number of amides is 1. The summed E-state index contributed by atoms with van der Waals surface area (Å²) < 4.78 is 8.26. The number of piperidine rings is 1. The zero-order valence-electron chi connectivity index (χ0n) is 18.1. The van der Waals surface area contributed by atoms with Crippen LogP contribution < -0.4 is 10.2 Å². The summed E-state index contributed by atoms with van der Waals surface area (Å²) in [4.78, 5) is 39.2. The van der Waals surface area contributed by atoms with E-state index in [4.69, 9.17) is 4.74 Å². The van der Waals surface area contributed by atoms with Crippen LogP contribution >= 0.6 is 0 Å². The van der Waals surface area contributed by atoms with Crippen molar-refractivity contribution in [3.05, 3.63) is 62.6 Å². The zero-order valence-corrected chi connectivity index (χ0v) is 18.1. The van der Waals surface area contributed by atoms with Crippen LogP contribution in [0, 0.1) is 27.7 Å². The molecule has 1 spiro atoms. The van der Waals surface area contributed by atoms with E-state index >= 15 is 0 Å². The Morgan fingerprint density at radius 3 is 2.27 bits per heavy atom. The predicted octanol–water partition coefficient (Wildman–Crippen LogP) is 3.11. The normalized spacial score (nSPS) is 17.6. The highest BCUT2D eigenvalue weighted by Gasteiger charge is 2.44. The number of hydrogen-bond acceptors (Lipinski definition) is 4. The molecule has 2 aromatic rings. The third-order valence-corrected chi connectivity index (χ3v) is 6.41. The van der Waals surface area contributed by atoms with Gasteiger partial charge in [0.25, 0.3) is 0 Å². The van der Waals surface area contributed by atoms with E-state index < -0.39 is 5.60 Å². The minimum absolute atomic E-state index is 0.0222. The molecule has 6 nitrogen and oxygen atoms in total. The fourth-order valence-corrected chi connectivity index (χ4v) is 4.83. The zero-order chi connectivity index (χ0) is 21.6. The van der Waals surface area contributed by atoms with Crippen molar-refractivity contribution in [3.8, 4) is 5.75 Å². The molecule has 30 heavy (non-hydrogen) atoms. The van der Waals surface area contributed by atoms with Crippen LogP contribution in [0.5, 0.6) is 5.75 Å². The second-order valence-electron chi connectivity index (χ2n) is 8.78. The van der Waals surface area contributed by atoms with E-state index in [-0.39, 0.29) is 23.7 Å². The number of aromatic nitrogens is 1. The number of ketones is 1. The van der Waals surface area contributed by atoms with Crippen LogP contribution in [0.25, 0.3) is 0 Å². The third-order valence-electron chi connectivity index (χ3n) is 6.41. The summed E-state index contributed by atoms with van der Waals surface area (Å²) in [5, 5.41) is 0. The molecule has 1 saturated heterocycles. The number of aryl methyl sites for hydroxylation is 4. The van der Waals surface area contributed by atoms with Gasteiger partial charge in [-0.15, -0.1) is 0 Å². The van der Waals surface area contributed by atoms with Crippen molar-refractivity contribution in [2.24, 2.45) is 0 Å². The number of fused-ring (bicyclic) bond motifs is 1. The van der Waals surface area contributed by atoms with Crippen LogP contribution in [-0.4, -0.2) is 39.8 Å². The van der Waals surface area contributed by atoms with E-state index in [0.717, 1.165) is 22.5 Å². The van der Waals surface area contributed by atoms with E-state index in [0.29, 0.717) is 43.7 Å². The number of hydrogen-bond donors (Lipinski definition) is 0. The number of carbonyl (C=O) groups excluding carboxylic acids is 2. The predicted molar refractivity (Wildman–Crippen MR) is 114 cm³/mol. The Morgan fingerprint density at radius 2 is 1.63 bits per heavy atom. The highest BCUT2D eigenvalue weighted by molar-refractivity contribution is 6.01. The lowest BCUT2D eigenvalue weighted by molar-refractivity contribution is -0.135. The molecule has 1 aromatic heterocycles. The molecule has 0 aliphatic carbocycles. The molecule has 0 radical (unpaired) electrons. The number of ether oxygens (including phenoxy) is 1. The molecular formula is C24H28N2O4. The number of Topliss-reactive ketones (excluding diaryl/α,β-unsaturated/α-hetero) is 1. The number of pyridine rings is 1. The van der Waals surface area contributed by atoms with E-state index in [2.05, 4.69) is 0 Å². The van der Waals surface area contributed by atoms with Crippen molar-refractivity contribution < 1.29 is 14.3 Å². The largest absolute Gasteiger partial charge is 0.486 e. The van der Waals surface area contributed by atoms with Gasteiger partial charge in [-0.25, -0.2) is 0 Å². The molecule has 1 aromatic carbocycles. The Balaban J connectivity index is 1.47. The number of likely N-dealkylation sites (tertiary alicyclic amines) is 1. The Bertz CT molecular complexity index is 1060. The number of nitrogens with zero attached hydrogens (tertiary/aromatic N) is 2. The summed E-state index contributed by atoms with van der Waals surface area (Å²) in [5.74, 6) is 0.838. The maximum atomic E-state index is 12.9. The highest BCUT2D eigenvalue weighted by atomic mass is 16.5. The van der Waals surface area contributed by atoms with Crippen molar-refractivity contribution in [1.82, 2.24) is 9.47 Å². The van der Waals surface area contributed by atoms with Crippen LogP contribution in [-0.2, 0) is 11.3 Å². The molecule has 2 aliphatic rings. The minimum Gasteiger partial charge on any atom is -0.486 e. The first-order valence-electron chi connectivity index (χ1n) is 10.5. The molecule has 0 atom stereocenters. The number of carbonyl (C=O) groups is 2. The highest BCUT2D eigenvalue weighted by Crippen LogP contribution is 2.41. The van der Waals surface area contributed by atoms with Gasteiger partial charge in [-0.3, -0.25) is 14.4 Å². The molecule has 0 unspecified atom stereocenters. The van der Waals surface area contributed by atoms with Gasteiger partial charge in [-0.2, -0.15) is 0 Å². The number of rotatable bonds is 2. The van der Waals surface area contributed by atoms with Crippen LogP contribution in [0.3, 0.4) is 0 Å². The van der Waals surface area contributed by atoms with Crippen LogP contribution in [0.15, 0.2) is 29.1 Å². The molecule has 0 saturated carbocycles. The first kappa shape index (κ1) is 20.4. The Labute approximate surface area is 176 Å². The number of benzene rings is 1. The summed E-state index contributed by atoms with van der Waals surface area (Å²) >= 11 is 0. The average Bonchev–Trinajstić information content (AvgIpc) is 2.64. The van der Waals surface area contributed by atoms with Crippen LogP contribution in [0.4, 0.5) is 0 Å². The van der Waals surface area contributed by atoms with Gasteiger partial charge in [0, 0.05) is 49.5 Å². The van der Waals surface area contributed by atoms with Gasteiger partial charge >= 0.3 is 0 Å². The summed E-state index contributed by atoms with van der Waals surface area (Å²) in [6, 6.07) is 7.06. The maximum Gasteiger partial charge on any atom is 0.242 e. The van der Waals surface area contributed by atoms with Gasteiger partial charge in [0.2, 0.25) is 5.91 Å². The fourth-order valence-electron chi connectivity index (χ4n) is 4.83. The maximum absolute atomic E-state index is 12.9. The van der Waals surface area contributed by atoms with Gasteiger partial charge in [0.1, 0.15) is 17.9 Å². The van der Waals surface area contributed by atoms with Crippen molar-refractivity contribution in [3.63, 3.8) is 0 Å². The van der Waals surface area contributed by atoms with Gasteiger partial charge in [-0.05, 0) is 44.9 Å². The Morgan fingerprint density at radius 1 is 1.00 bits per heavy atom. The van der Waals surface area contributed by atoms with E-state index in [1.54, 1.807) is 12.1 Å². The van der Waals surface area contributed by atoms with Crippen LogP contribution in [0.2, 0.25) is 0 Å². The molecule has 3 heterocycles. The lowest BCUT2D eigenvalue weighted by Gasteiger charge is -2.44. The Kier molecular flexibility index (Phi) is 5.04. The smallest absolute Gasteiger partial charge is 0.242 e. The molecule has 6 heteroatoms. The van der Waals surface area contributed by atoms with Crippen molar-refractivity contribution in [1.29, 1.82) is 0 Å². The summed E-state index contributed by atoms with van der Waals surface area (Å²) in [5.41, 5.74) is 3.74. The second-order valence-corrected chi connectivity index (χ2v) is 8.78. The van der Waals surface area contributed by atoms with Gasteiger partial charge in [-0.1, -0.05) is 6.07 Å². The van der Waals surface area contributed by atoms with E-state index in [9.17, 15) is 14.4 Å². The molecule has 1 fully saturated rings. The summed E-state index contributed by atoms with van der Waals surface area (Å²) in [7, 11) is 0. The van der Waals surface area contributed by atoms with E-state index in [1.807, 2.05) is 49.3 Å². The van der Waals surface area contributed by atoms with Crippen molar-refractivity contribution >= 4 is 11.7 Å². The quantitative estimate of drug-likeness (QED) is 0.766. The van der Waals surface area contributed by atoms with E-state index in [1.165, 1.54) is 0 Å². The minimum atomic E-state index is -0.524. The first-order valence-corrected chi connectivity index (χ1v) is 10.5. The molecule has 4 rings (SSSR count). The molecule has 2 aliphatic heterocycles. The van der Waals surface area contributed by atoms with Crippen molar-refractivity contribution in [2.75, 3.05) is 13.1 Å². The van der Waals surface area contributed by atoms with Crippen molar-refractivity contribution in [2.45, 2.75) is 59.1 Å². The molecular weight excluding hydrogens is 380 g/mol. The monoisotopic (exact) mass is 408 g/mol. The third kappa shape index (κ3) is 3.66. The summed E-state index contributed by atoms with van der Waals surface area (Å²) in [6.07, 6.45) is 1.64. The lowest BCUT2D eigenvalue weighted by atomic mass is 9.81. The molecule has 0 N–H and O–H groups in total. The van der Waals surface area contributed by atoms with Crippen LogP contribution in [0.1, 0.15) is 52.1 Å². The SMILES string of the molecule is Cc1cc(C)c2c(c1)OC1(CCN(C(=O)Cn3c(C)cc(=O)cc3C)CC1)CC2=O. The molecule has 1 amide bonds. The van der Waals surface area contributed by atoms with Gasteiger partial charge < -0.3 is 14.2 Å². The summed E-state index contributed by atoms with van der Waals surface area (Å²) in [6.45, 7) is 8.98. The fraction of sp³-hybridized carbons (Fsp3) is 0.458. The Hall–Kier alpha value is -2.89.